The van der Waals surface area contributed by atoms with Crippen LogP contribution in [0, 0.1) is 12.7 Å². The summed E-state index contributed by atoms with van der Waals surface area (Å²) in [5, 5.41) is 6.61. The van der Waals surface area contributed by atoms with E-state index in [1.54, 1.807) is 12.1 Å². The van der Waals surface area contributed by atoms with Gasteiger partial charge in [0, 0.05) is 11.8 Å². The van der Waals surface area contributed by atoms with Gasteiger partial charge in [-0.05, 0) is 19.1 Å². The van der Waals surface area contributed by atoms with Crippen LogP contribution in [0.4, 0.5) is 4.39 Å². The number of nitrogens with two attached hydrogens (primary N) is 1. The lowest BCUT2D eigenvalue weighted by Gasteiger charge is -2.08. The van der Waals surface area contributed by atoms with Gasteiger partial charge in [0.15, 0.2) is 0 Å². The van der Waals surface area contributed by atoms with Gasteiger partial charge in [0.25, 0.3) is 0 Å². The molecule has 2 rings (SSSR count). The number of hydrogen-bond donors (Lipinski definition) is 2. The van der Waals surface area contributed by atoms with Crippen molar-refractivity contribution in [3.05, 3.63) is 41.3 Å². The van der Waals surface area contributed by atoms with E-state index in [2.05, 4.69) is 10.2 Å². The SMILES string of the molecule is Cc1cc(Oc2cccc(F)c2C(N)=S)n[nH]1. The molecule has 6 heteroatoms. The average molecular weight is 251 g/mol. The van der Waals surface area contributed by atoms with E-state index in [1.165, 1.54) is 12.1 Å². The van der Waals surface area contributed by atoms with E-state index in [9.17, 15) is 4.39 Å². The van der Waals surface area contributed by atoms with Crippen LogP contribution in [-0.4, -0.2) is 15.2 Å². The molecule has 3 N–H and O–H groups in total. The first kappa shape index (κ1) is 11.5. The molecule has 0 fully saturated rings. The van der Waals surface area contributed by atoms with Crippen LogP contribution in [0.5, 0.6) is 11.6 Å². The van der Waals surface area contributed by atoms with Crippen LogP contribution < -0.4 is 10.5 Å². The van der Waals surface area contributed by atoms with Crippen LogP contribution in [-0.2, 0) is 0 Å². The maximum atomic E-state index is 13.5. The van der Waals surface area contributed by atoms with Gasteiger partial charge in [-0.1, -0.05) is 18.3 Å². The summed E-state index contributed by atoms with van der Waals surface area (Å²) in [4.78, 5) is -0.0506. The van der Waals surface area contributed by atoms with E-state index >= 15 is 0 Å². The zero-order valence-corrected chi connectivity index (χ0v) is 9.84. The summed E-state index contributed by atoms with van der Waals surface area (Å²) in [5.74, 6) is 0.0804. The highest BCUT2D eigenvalue weighted by molar-refractivity contribution is 7.80. The smallest absolute Gasteiger partial charge is 0.238 e. The van der Waals surface area contributed by atoms with Crippen molar-refractivity contribution in [2.24, 2.45) is 5.73 Å². The Morgan fingerprint density at radius 1 is 1.53 bits per heavy atom. The molecule has 0 unspecified atom stereocenters. The third-order valence-corrected chi connectivity index (χ3v) is 2.32. The molecule has 1 aromatic carbocycles. The molecule has 0 bridgehead atoms. The molecule has 1 aromatic heterocycles. The monoisotopic (exact) mass is 251 g/mol. The van der Waals surface area contributed by atoms with Crippen LogP contribution in [0.1, 0.15) is 11.3 Å². The fourth-order valence-electron chi connectivity index (χ4n) is 1.39. The van der Waals surface area contributed by atoms with E-state index in [0.29, 0.717) is 5.88 Å². The van der Waals surface area contributed by atoms with Gasteiger partial charge in [-0.3, -0.25) is 5.10 Å². The van der Waals surface area contributed by atoms with Gasteiger partial charge in [0.05, 0.1) is 5.56 Å². The number of thiocarbonyl (C=S) groups is 1. The Balaban J connectivity index is 2.39. The quantitative estimate of drug-likeness (QED) is 0.821. The molecule has 0 aliphatic rings. The number of aromatic amines is 1. The van der Waals surface area contributed by atoms with E-state index in [4.69, 9.17) is 22.7 Å². The summed E-state index contributed by atoms with van der Waals surface area (Å²) in [6.07, 6.45) is 0. The zero-order chi connectivity index (χ0) is 12.4. The van der Waals surface area contributed by atoms with Crippen molar-refractivity contribution in [1.82, 2.24) is 10.2 Å². The minimum atomic E-state index is -0.512. The van der Waals surface area contributed by atoms with Gasteiger partial charge in [0.1, 0.15) is 16.6 Å². The van der Waals surface area contributed by atoms with Gasteiger partial charge in [-0.2, -0.15) is 0 Å². The first-order chi connectivity index (χ1) is 8.08. The lowest BCUT2D eigenvalue weighted by Crippen LogP contribution is -2.13. The predicted octanol–water partition coefficient (Wildman–Crippen LogP) is 2.28. The maximum Gasteiger partial charge on any atom is 0.238 e. The summed E-state index contributed by atoms with van der Waals surface area (Å²) >= 11 is 4.79. The molecule has 0 aliphatic heterocycles. The number of H-pyrrole nitrogens is 1. The zero-order valence-electron chi connectivity index (χ0n) is 9.03. The van der Waals surface area contributed by atoms with Crippen molar-refractivity contribution in [1.29, 1.82) is 0 Å². The molecule has 0 radical (unpaired) electrons. The van der Waals surface area contributed by atoms with Crippen molar-refractivity contribution < 1.29 is 9.13 Å². The van der Waals surface area contributed by atoms with Gasteiger partial charge >= 0.3 is 0 Å². The Bertz CT molecular complexity index is 568. The fraction of sp³-hybridized carbons (Fsp3) is 0.0909. The average Bonchev–Trinajstić information content (AvgIpc) is 2.63. The van der Waals surface area contributed by atoms with E-state index in [-0.39, 0.29) is 16.3 Å². The first-order valence-electron chi connectivity index (χ1n) is 4.86. The van der Waals surface area contributed by atoms with Crippen molar-refractivity contribution in [3.8, 4) is 11.6 Å². The summed E-state index contributed by atoms with van der Waals surface area (Å²) in [5.41, 5.74) is 6.38. The van der Waals surface area contributed by atoms with Crippen molar-refractivity contribution in [2.45, 2.75) is 6.92 Å². The van der Waals surface area contributed by atoms with Crippen LogP contribution in [0.3, 0.4) is 0 Å². The number of ether oxygens (including phenoxy) is 1. The number of rotatable bonds is 3. The summed E-state index contributed by atoms with van der Waals surface area (Å²) in [6.45, 7) is 1.83. The molecule has 88 valence electrons. The van der Waals surface area contributed by atoms with E-state index in [0.717, 1.165) is 5.69 Å². The largest absolute Gasteiger partial charge is 0.437 e. The minimum Gasteiger partial charge on any atom is -0.437 e. The third kappa shape index (κ3) is 2.42. The Hall–Kier alpha value is -1.95. The summed E-state index contributed by atoms with van der Waals surface area (Å²) < 4.78 is 19.0. The van der Waals surface area contributed by atoms with Crippen molar-refractivity contribution in [2.75, 3.05) is 0 Å². The Morgan fingerprint density at radius 2 is 2.29 bits per heavy atom. The molecular weight excluding hydrogens is 241 g/mol. The standard InChI is InChI=1S/C11H10FN3OS/c1-6-5-9(15-14-6)16-8-4-2-3-7(12)10(8)11(13)17/h2-5H,1H3,(H2,13,17)(H,14,15). The molecule has 1 heterocycles. The molecule has 17 heavy (non-hydrogen) atoms. The number of aryl methyl sites for hydroxylation is 1. The molecule has 0 aliphatic carbocycles. The lowest BCUT2D eigenvalue weighted by molar-refractivity contribution is 0.455. The highest BCUT2D eigenvalue weighted by Crippen LogP contribution is 2.26. The van der Waals surface area contributed by atoms with Crippen LogP contribution >= 0.6 is 12.2 Å². The second kappa shape index (κ2) is 4.50. The minimum absolute atomic E-state index is 0.0506. The molecule has 0 spiro atoms. The number of benzene rings is 1. The summed E-state index contributed by atoms with van der Waals surface area (Å²) in [7, 11) is 0. The molecule has 0 saturated carbocycles. The number of nitrogens with zero attached hydrogens (tertiary/aromatic N) is 1. The molecule has 0 amide bonds. The predicted molar refractivity (Wildman–Crippen MR) is 65.7 cm³/mol. The van der Waals surface area contributed by atoms with Crippen LogP contribution in [0.2, 0.25) is 0 Å². The van der Waals surface area contributed by atoms with Crippen molar-refractivity contribution in [3.63, 3.8) is 0 Å². The van der Waals surface area contributed by atoms with Crippen LogP contribution in [0.25, 0.3) is 0 Å². The highest BCUT2D eigenvalue weighted by atomic mass is 32.1. The molecule has 0 atom stereocenters. The normalized spacial score (nSPS) is 10.2. The van der Waals surface area contributed by atoms with Crippen molar-refractivity contribution >= 4 is 17.2 Å². The summed E-state index contributed by atoms with van der Waals surface area (Å²) in [6, 6.07) is 6.07. The number of aromatic nitrogens is 2. The Kier molecular flexibility index (Phi) is 3.06. The van der Waals surface area contributed by atoms with E-state index < -0.39 is 5.82 Å². The van der Waals surface area contributed by atoms with Gasteiger partial charge in [-0.25, -0.2) is 4.39 Å². The second-order valence-electron chi connectivity index (χ2n) is 3.47. The van der Waals surface area contributed by atoms with E-state index in [1.807, 2.05) is 6.92 Å². The third-order valence-electron chi connectivity index (χ3n) is 2.12. The first-order valence-corrected chi connectivity index (χ1v) is 5.27. The number of hydrogen-bond acceptors (Lipinski definition) is 3. The molecule has 2 aromatic rings. The molecule has 4 nitrogen and oxygen atoms in total. The number of halogens is 1. The maximum absolute atomic E-state index is 13.5. The van der Waals surface area contributed by atoms with Gasteiger partial charge in [-0.15, -0.1) is 5.10 Å². The fourth-order valence-corrected chi connectivity index (χ4v) is 1.58. The molecular formula is C11H10FN3OS. The lowest BCUT2D eigenvalue weighted by atomic mass is 10.2. The van der Waals surface area contributed by atoms with Crippen LogP contribution in [0.15, 0.2) is 24.3 Å². The Labute approximate surface area is 103 Å². The topological polar surface area (TPSA) is 63.9 Å². The Morgan fingerprint density at radius 3 is 2.88 bits per heavy atom. The highest BCUT2D eigenvalue weighted by Gasteiger charge is 2.13. The second-order valence-corrected chi connectivity index (χ2v) is 3.91. The molecule has 0 saturated heterocycles. The van der Waals surface area contributed by atoms with Gasteiger partial charge in [0.2, 0.25) is 5.88 Å². The van der Waals surface area contributed by atoms with Gasteiger partial charge < -0.3 is 10.5 Å². The number of nitrogens with one attached hydrogen (secondary N) is 1.